The number of carbonyl (C=O) groups excluding carboxylic acids is 2. The average Bonchev–Trinajstić information content (AvgIpc) is 3.18. The van der Waals surface area contributed by atoms with Gasteiger partial charge in [0.25, 0.3) is 5.91 Å². The summed E-state index contributed by atoms with van der Waals surface area (Å²) in [7, 11) is 0. The quantitative estimate of drug-likeness (QED) is 0.641. The zero-order valence-corrected chi connectivity index (χ0v) is 11.6. The van der Waals surface area contributed by atoms with Crippen LogP contribution in [0.4, 0.5) is 0 Å². The highest BCUT2D eigenvalue weighted by atomic mass is 35.5. The van der Waals surface area contributed by atoms with Gasteiger partial charge < -0.3 is 10.6 Å². The van der Waals surface area contributed by atoms with Crippen LogP contribution in [0.5, 0.6) is 0 Å². The molecule has 1 aromatic heterocycles. The molecule has 0 aromatic carbocycles. The fraction of sp³-hybridized carbons (Fsp3) is 0.417. The van der Waals surface area contributed by atoms with Crippen molar-refractivity contribution in [3.05, 3.63) is 28.0 Å². The minimum absolute atomic E-state index is 0.0560. The van der Waals surface area contributed by atoms with E-state index in [1.54, 1.807) is 0 Å². The highest BCUT2D eigenvalue weighted by Crippen LogP contribution is 2.28. The van der Waals surface area contributed by atoms with Crippen molar-refractivity contribution in [2.24, 2.45) is 5.92 Å². The zero-order valence-electron chi connectivity index (χ0n) is 10.1. The first-order valence-electron chi connectivity index (χ1n) is 5.96. The van der Waals surface area contributed by atoms with E-state index in [1.807, 2.05) is 0 Å². The molecule has 0 aliphatic heterocycles. The Hall–Kier alpha value is -1.33. The van der Waals surface area contributed by atoms with Gasteiger partial charge in [0.15, 0.2) is 0 Å². The van der Waals surface area contributed by atoms with Gasteiger partial charge in [0.05, 0.1) is 5.56 Å². The van der Waals surface area contributed by atoms with Crippen molar-refractivity contribution in [1.29, 1.82) is 0 Å². The number of aromatic nitrogens is 1. The standard InChI is InChI=1S/C12H13Cl2N3O2/c13-9-4-3-8(10(14)17-9)12(19)16-6-5-15-11(18)7-1-2-7/h3-4,7H,1-2,5-6H2,(H,15,18)(H,16,19). The van der Waals surface area contributed by atoms with E-state index in [2.05, 4.69) is 15.6 Å². The Morgan fingerprint density at radius 3 is 2.53 bits per heavy atom. The molecular formula is C12H13Cl2N3O2. The molecule has 5 nitrogen and oxygen atoms in total. The van der Waals surface area contributed by atoms with Crippen molar-refractivity contribution >= 4 is 35.0 Å². The van der Waals surface area contributed by atoms with Gasteiger partial charge in [-0.05, 0) is 25.0 Å². The second kappa shape index (κ2) is 6.21. The van der Waals surface area contributed by atoms with Crippen molar-refractivity contribution in [3.8, 4) is 0 Å². The summed E-state index contributed by atoms with van der Waals surface area (Å²) in [5.74, 6) is -0.110. The van der Waals surface area contributed by atoms with Crippen molar-refractivity contribution in [2.45, 2.75) is 12.8 Å². The molecule has 1 heterocycles. The molecule has 1 aromatic rings. The molecule has 102 valence electrons. The Bertz CT molecular complexity index is 504. The Morgan fingerprint density at radius 1 is 1.21 bits per heavy atom. The van der Waals surface area contributed by atoms with Gasteiger partial charge in [-0.25, -0.2) is 4.98 Å². The maximum Gasteiger partial charge on any atom is 0.254 e. The number of halogens is 2. The third kappa shape index (κ3) is 4.08. The van der Waals surface area contributed by atoms with Crippen LogP contribution in [0.1, 0.15) is 23.2 Å². The van der Waals surface area contributed by atoms with Crippen LogP contribution in [0.15, 0.2) is 12.1 Å². The van der Waals surface area contributed by atoms with Crippen LogP contribution in [-0.2, 0) is 4.79 Å². The van der Waals surface area contributed by atoms with E-state index in [4.69, 9.17) is 23.2 Å². The number of nitrogens with one attached hydrogen (secondary N) is 2. The predicted octanol–water partition coefficient (Wildman–Crippen LogP) is 1.64. The molecule has 2 rings (SSSR count). The number of amides is 2. The summed E-state index contributed by atoms with van der Waals surface area (Å²) in [4.78, 5) is 26.9. The van der Waals surface area contributed by atoms with Gasteiger partial charge in [-0.1, -0.05) is 23.2 Å². The van der Waals surface area contributed by atoms with Gasteiger partial charge in [-0.3, -0.25) is 9.59 Å². The predicted molar refractivity (Wildman–Crippen MR) is 72.3 cm³/mol. The van der Waals surface area contributed by atoms with Crippen LogP contribution in [0.25, 0.3) is 0 Å². The average molecular weight is 302 g/mol. The first kappa shape index (κ1) is 14.1. The van der Waals surface area contributed by atoms with Crippen LogP contribution in [0, 0.1) is 5.92 Å². The summed E-state index contributed by atoms with van der Waals surface area (Å²) in [5.41, 5.74) is 0.264. The minimum atomic E-state index is -0.338. The second-order valence-corrected chi connectivity index (χ2v) is 5.04. The molecule has 0 atom stereocenters. The van der Waals surface area contributed by atoms with Crippen LogP contribution in [0.3, 0.4) is 0 Å². The fourth-order valence-electron chi connectivity index (χ4n) is 1.53. The van der Waals surface area contributed by atoms with E-state index in [0.717, 1.165) is 12.8 Å². The number of hydrogen-bond donors (Lipinski definition) is 2. The first-order valence-corrected chi connectivity index (χ1v) is 6.71. The van der Waals surface area contributed by atoms with Crippen LogP contribution in [-0.4, -0.2) is 29.9 Å². The summed E-state index contributed by atoms with van der Waals surface area (Å²) >= 11 is 11.5. The molecular weight excluding hydrogens is 289 g/mol. The van der Waals surface area contributed by atoms with Crippen LogP contribution < -0.4 is 10.6 Å². The normalized spacial score (nSPS) is 14.0. The lowest BCUT2D eigenvalue weighted by molar-refractivity contribution is -0.122. The summed E-state index contributed by atoms with van der Waals surface area (Å²) in [5, 5.41) is 5.70. The van der Waals surface area contributed by atoms with Gasteiger partial charge in [-0.2, -0.15) is 0 Å². The molecule has 0 bridgehead atoms. The third-order valence-electron chi connectivity index (χ3n) is 2.72. The Morgan fingerprint density at radius 2 is 1.89 bits per heavy atom. The highest BCUT2D eigenvalue weighted by Gasteiger charge is 2.29. The number of rotatable bonds is 5. The van der Waals surface area contributed by atoms with E-state index in [9.17, 15) is 9.59 Å². The summed E-state index contributed by atoms with van der Waals surface area (Å²) in [6, 6.07) is 3.01. The molecule has 0 spiro atoms. The van der Waals surface area contributed by atoms with E-state index in [1.165, 1.54) is 12.1 Å². The lowest BCUT2D eigenvalue weighted by atomic mass is 10.2. The summed E-state index contributed by atoms with van der Waals surface area (Å²) in [6.45, 7) is 0.746. The Kier molecular flexibility index (Phi) is 4.61. The summed E-state index contributed by atoms with van der Waals surface area (Å²) < 4.78 is 0. The van der Waals surface area contributed by atoms with Gasteiger partial charge >= 0.3 is 0 Å². The van der Waals surface area contributed by atoms with Crippen molar-refractivity contribution in [1.82, 2.24) is 15.6 Å². The van der Waals surface area contributed by atoms with Gasteiger partial charge in [0.1, 0.15) is 10.3 Å². The van der Waals surface area contributed by atoms with Gasteiger partial charge in [0.2, 0.25) is 5.91 Å². The van der Waals surface area contributed by atoms with Crippen molar-refractivity contribution < 1.29 is 9.59 Å². The first-order chi connectivity index (χ1) is 9.08. The fourth-order valence-corrected chi connectivity index (χ4v) is 1.96. The van der Waals surface area contributed by atoms with E-state index >= 15 is 0 Å². The Labute approximate surface area is 120 Å². The molecule has 2 N–H and O–H groups in total. The zero-order chi connectivity index (χ0) is 13.8. The topological polar surface area (TPSA) is 71.1 Å². The summed E-state index contributed by atoms with van der Waals surface area (Å²) in [6.07, 6.45) is 1.93. The van der Waals surface area contributed by atoms with Crippen LogP contribution in [0.2, 0.25) is 10.3 Å². The van der Waals surface area contributed by atoms with E-state index < -0.39 is 0 Å². The lowest BCUT2D eigenvalue weighted by Gasteiger charge is -2.07. The monoisotopic (exact) mass is 301 g/mol. The second-order valence-electron chi connectivity index (χ2n) is 4.29. The van der Waals surface area contributed by atoms with Gasteiger partial charge in [-0.15, -0.1) is 0 Å². The molecule has 0 radical (unpaired) electrons. The lowest BCUT2D eigenvalue weighted by Crippen LogP contribution is -2.35. The van der Waals surface area contributed by atoms with Crippen molar-refractivity contribution in [2.75, 3.05) is 13.1 Å². The Balaban J connectivity index is 1.75. The minimum Gasteiger partial charge on any atom is -0.354 e. The molecule has 0 saturated heterocycles. The van der Waals surface area contributed by atoms with E-state index in [-0.39, 0.29) is 33.6 Å². The molecule has 19 heavy (non-hydrogen) atoms. The van der Waals surface area contributed by atoms with Gasteiger partial charge in [0, 0.05) is 19.0 Å². The number of pyridine rings is 1. The smallest absolute Gasteiger partial charge is 0.254 e. The SMILES string of the molecule is O=C(NCCNC(=O)C1CC1)c1ccc(Cl)nc1Cl. The number of nitrogens with zero attached hydrogens (tertiary/aromatic N) is 1. The highest BCUT2D eigenvalue weighted by molar-refractivity contribution is 6.34. The number of carbonyl (C=O) groups is 2. The molecule has 2 amide bonds. The molecule has 1 saturated carbocycles. The third-order valence-corrected chi connectivity index (χ3v) is 3.22. The molecule has 1 fully saturated rings. The molecule has 1 aliphatic rings. The maximum atomic E-state index is 11.8. The largest absolute Gasteiger partial charge is 0.354 e. The molecule has 0 unspecified atom stereocenters. The molecule has 7 heteroatoms. The maximum absolute atomic E-state index is 11.8. The molecule has 1 aliphatic carbocycles. The van der Waals surface area contributed by atoms with Crippen LogP contribution >= 0.6 is 23.2 Å². The van der Waals surface area contributed by atoms with Crippen molar-refractivity contribution in [3.63, 3.8) is 0 Å². The number of hydrogen-bond acceptors (Lipinski definition) is 3. The van der Waals surface area contributed by atoms with E-state index in [0.29, 0.717) is 13.1 Å².